The van der Waals surface area contributed by atoms with Gasteiger partial charge in [0.1, 0.15) is 6.10 Å². The monoisotopic (exact) mass is 612 g/mol. The second-order valence-corrected chi connectivity index (χ2v) is 13.3. The number of hydrogen-bond donors (Lipinski definition) is 5. The Morgan fingerprint density at radius 2 is 1.14 bits per heavy atom. The van der Waals surface area contributed by atoms with E-state index in [9.17, 15) is 30.3 Å². The molecule has 0 amide bonds. The van der Waals surface area contributed by atoms with Crippen LogP contribution in [0, 0.1) is 0 Å². The summed E-state index contributed by atoms with van der Waals surface area (Å²) in [6, 6.07) is 0. The van der Waals surface area contributed by atoms with Gasteiger partial charge in [-0.1, -0.05) is 90.4 Å². The number of unbranched alkanes of at least 4 members (excludes halogenated alkanes) is 11. The van der Waals surface area contributed by atoms with Crippen molar-refractivity contribution in [3.8, 4) is 0 Å². The highest BCUT2D eigenvalue weighted by Crippen LogP contribution is 2.28. The van der Waals surface area contributed by atoms with E-state index in [-0.39, 0.29) is 24.3 Å². The van der Waals surface area contributed by atoms with E-state index >= 15 is 0 Å². The van der Waals surface area contributed by atoms with E-state index < -0.39 is 30.5 Å². The fraction of sp³-hybridized carbons (Fsp3) is 0.914. The number of aliphatic hydroxyl groups excluding tert-OH is 5. The standard InChI is InChI=1S/C35H64O8/c1-3-4-5-6-7-8-9-10-11-14-19-31(39)33-22-23-34(43-33)32(40)21-16-20-30(38)29(37)18-15-12-13-17-28(36)25-27-24-26(2)42-35(27)41/h24,26,28-34,36-40H,3-23,25H2,1-2H3/t26-,28+,29-,30-,31-,32+,33+,34+/m0/s1. The first kappa shape index (κ1) is 38.2. The maximum Gasteiger partial charge on any atom is 0.334 e. The maximum absolute atomic E-state index is 11.7. The molecule has 0 bridgehead atoms. The van der Waals surface area contributed by atoms with Crippen LogP contribution in [0.5, 0.6) is 0 Å². The summed E-state index contributed by atoms with van der Waals surface area (Å²) in [5.74, 6) is -0.343. The molecule has 0 saturated carbocycles. The summed E-state index contributed by atoms with van der Waals surface area (Å²) in [7, 11) is 0. The van der Waals surface area contributed by atoms with Gasteiger partial charge >= 0.3 is 5.97 Å². The topological polar surface area (TPSA) is 137 Å². The zero-order chi connectivity index (χ0) is 31.5. The quantitative estimate of drug-likeness (QED) is 0.0590. The van der Waals surface area contributed by atoms with Gasteiger partial charge in [0.25, 0.3) is 0 Å². The number of cyclic esters (lactones) is 1. The molecule has 8 nitrogen and oxygen atoms in total. The van der Waals surface area contributed by atoms with Crippen LogP contribution in [0.15, 0.2) is 11.6 Å². The van der Waals surface area contributed by atoms with E-state index in [0.717, 1.165) is 51.4 Å². The molecule has 0 aromatic carbocycles. The van der Waals surface area contributed by atoms with Crippen LogP contribution in [0.2, 0.25) is 0 Å². The Balaban J connectivity index is 1.46. The molecular weight excluding hydrogens is 548 g/mol. The molecule has 2 aliphatic rings. The summed E-state index contributed by atoms with van der Waals surface area (Å²) in [5.41, 5.74) is 0.542. The number of hydrogen-bond acceptors (Lipinski definition) is 8. The van der Waals surface area contributed by atoms with Gasteiger partial charge in [0, 0.05) is 12.0 Å². The van der Waals surface area contributed by atoms with Crippen molar-refractivity contribution in [2.24, 2.45) is 0 Å². The highest BCUT2D eigenvalue weighted by Gasteiger charge is 2.34. The zero-order valence-corrected chi connectivity index (χ0v) is 27.2. The number of ether oxygens (including phenoxy) is 2. The van der Waals surface area contributed by atoms with Crippen LogP contribution in [-0.4, -0.2) is 80.3 Å². The van der Waals surface area contributed by atoms with E-state index in [2.05, 4.69) is 6.92 Å². The Labute approximate surface area is 261 Å². The Morgan fingerprint density at radius 3 is 1.70 bits per heavy atom. The SMILES string of the molecule is CCCCCCCCCCCC[C@H](O)[C@H]1CC[C@H]([C@H](O)CCC[C@H](O)[C@@H](O)CCCCC[C@@H](O)CC2=C[C@H](C)OC2=O)O1. The summed E-state index contributed by atoms with van der Waals surface area (Å²) in [4.78, 5) is 11.7. The highest BCUT2D eigenvalue weighted by molar-refractivity contribution is 5.90. The van der Waals surface area contributed by atoms with Crippen molar-refractivity contribution in [1.29, 1.82) is 0 Å². The lowest BCUT2D eigenvalue weighted by molar-refractivity contribution is -0.139. The zero-order valence-electron chi connectivity index (χ0n) is 27.2. The minimum Gasteiger partial charge on any atom is -0.455 e. The molecule has 8 atom stereocenters. The van der Waals surface area contributed by atoms with Crippen LogP contribution in [0.3, 0.4) is 0 Å². The molecule has 5 N–H and O–H groups in total. The van der Waals surface area contributed by atoms with Crippen molar-refractivity contribution in [1.82, 2.24) is 0 Å². The van der Waals surface area contributed by atoms with E-state index in [4.69, 9.17) is 9.47 Å². The van der Waals surface area contributed by atoms with Crippen LogP contribution in [0.25, 0.3) is 0 Å². The van der Waals surface area contributed by atoms with Crippen molar-refractivity contribution in [2.45, 2.75) is 204 Å². The van der Waals surface area contributed by atoms with Crippen LogP contribution in [-0.2, 0) is 14.3 Å². The molecule has 0 aromatic heterocycles. The fourth-order valence-corrected chi connectivity index (χ4v) is 6.44. The first-order valence-electron chi connectivity index (χ1n) is 17.7. The van der Waals surface area contributed by atoms with Crippen LogP contribution in [0.4, 0.5) is 0 Å². The molecule has 0 aliphatic carbocycles. The van der Waals surface area contributed by atoms with Gasteiger partial charge in [0.15, 0.2) is 0 Å². The van der Waals surface area contributed by atoms with Gasteiger partial charge in [-0.25, -0.2) is 4.79 Å². The molecule has 8 heteroatoms. The van der Waals surface area contributed by atoms with Gasteiger partial charge < -0.3 is 35.0 Å². The molecule has 0 spiro atoms. The lowest BCUT2D eigenvalue weighted by Gasteiger charge is -2.23. The predicted molar refractivity (Wildman–Crippen MR) is 170 cm³/mol. The Hall–Kier alpha value is -1.03. The molecular formula is C35H64O8. The lowest BCUT2D eigenvalue weighted by atomic mass is 9.97. The van der Waals surface area contributed by atoms with Crippen molar-refractivity contribution in [2.75, 3.05) is 0 Å². The van der Waals surface area contributed by atoms with Gasteiger partial charge in [0.2, 0.25) is 0 Å². The van der Waals surface area contributed by atoms with Gasteiger partial charge in [-0.05, 0) is 64.4 Å². The van der Waals surface area contributed by atoms with E-state index in [0.29, 0.717) is 44.1 Å². The average molecular weight is 613 g/mol. The molecule has 0 aromatic rings. The summed E-state index contributed by atoms with van der Waals surface area (Å²) >= 11 is 0. The molecule has 2 rings (SSSR count). The average Bonchev–Trinajstić information content (AvgIpc) is 3.59. The van der Waals surface area contributed by atoms with Gasteiger partial charge in [-0.15, -0.1) is 0 Å². The molecule has 252 valence electrons. The van der Waals surface area contributed by atoms with Crippen molar-refractivity contribution < 1.29 is 39.8 Å². The molecule has 43 heavy (non-hydrogen) atoms. The Kier molecular flexibility index (Phi) is 19.9. The smallest absolute Gasteiger partial charge is 0.334 e. The maximum atomic E-state index is 11.7. The van der Waals surface area contributed by atoms with E-state index in [1.165, 1.54) is 51.4 Å². The fourth-order valence-electron chi connectivity index (χ4n) is 6.44. The number of aliphatic hydroxyl groups is 5. The van der Waals surface area contributed by atoms with Crippen LogP contribution >= 0.6 is 0 Å². The highest BCUT2D eigenvalue weighted by atomic mass is 16.5. The van der Waals surface area contributed by atoms with Crippen LogP contribution in [0.1, 0.15) is 155 Å². The number of esters is 1. The van der Waals surface area contributed by atoms with Crippen molar-refractivity contribution >= 4 is 5.97 Å². The summed E-state index contributed by atoms with van der Waals surface area (Å²) in [6.45, 7) is 4.04. The minimum absolute atomic E-state index is 0.202. The number of rotatable bonds is 26. The third-order valence-corrected chi connectivity index (χ3v) is 9.22. The molecule has 0 unspecified atom stereocenters. The number of carbonyl (C=O) groups excluding carboxylic acids is 1. The van der Waals surface area contributed by atoms with E-state index in [1.807, 2.05) is 0 Å². The van der Waals surface area contributed by atoms with Crippen LogP contribution < -0.4 is 0 Å². The summed E-state index contributed by atoms with van der Waals surface area (Å²) < 4.78 is 11.1. The molecule has 1 saturated heterocycles. The lowest BCUT2D eigenvalue weighted by Crippen LogP contribution is -2.31. The van der Waals surface area contributed by atoms with Gasteiger partial charge in [-0.3, -0.25) is 0 Å². The first-order valence-corrected chi connectivity index (χ1v) is 17.7. The first-order chi connectivity index (χ1) is 20.7. The molecule has 2 aliphatic heterocycles. The second-order valence-electron chi connectivity index (χ2n) is 13.3. The summed E-state index contributed by atoms with van der Waals surface area (Å²) in [6.07, 6.45) is 17.9. The van der Waals surface area contributed by atoms with Crippen molar-refractivity contribution in [3.63, 3.8) is 0 Å². The predicted octanol–water partition coefficient (Wildman–Crippen LogP) is 6.03. The minimum atomic E-state index is -0.833. The second kappa shape index (κ2) is 22.5. The van der Waals surface area contributed by atoms with Crippen molar-refractivity contribution in [3.05, 3.63) is 11.6 Å². The third kappa shape index (κ3) is 16.2. The largest absolute Gasteiger partial charge is 0.455 e. The van der Waals surface area contributed by atoms with Gasteiger partial charge in [-0.2, -0.15) is 0 Å². The molecule has 1 fully saturated rings. The number of carbonyl (C=O) groups is 1. The Morgan fingerprint density at radius 1 is 0.674 bits per heavy atom. The normalized spacial score (nSPS) is 24.0. The molecule has 2 heterocycles. The summed E-state index contributed by atoms with van der Waals surface area (Å²) in [5, 5.41) is 52.1. The Bertz CT molecular complexity index is 758. The third-order valence-electron chi connectivity index (χ3n) is 9.22. The van der Waals surface area contributed by atoms with Gasteiger partial charge in [0.05, 0.1) is 42.7 Å². The van der Waals surface area contributed by atoms with E-state index in [1.54, 1.807) is 13.0 Å². The molecule has 0 radical (unpaired) electrons.